The van der Waals surface area contributed by atoms with E-state index in [1.807, 2.05) is 18.2 Å². The van der Waals surface area contributed by atoms with Crippen molar-refractivity contribution >= 4 is 28.4 Å². The Morgan fingerprint density at radius 1 is 1.00 bits per heavy atom. The van der Waals surface area contributed by atoms with Gasteiger partial charge >= 0.3 is 0 Å². The molecule has 0 aliphatic heterocycles. The van der Waals surface area contributed by atoms with E-state index in [9.17, 15) is 19.7 Å². The molecule has 0 bridgehead atoms. The molecule has 3 aromatic rings. The molecule has 0 radical (unpaired) electrons. The molecule has 26 heavy (non-hydrogen) atoms. The topological polar surface area (TPSA) is 114 Å². The van der Waals surface area contributed by atoms with Gasteiger partial charge < -0.3 is 0 Å². The molecule has 0 saturated carbocycles. The first-order valence-electron chi connectivity index (χ1n) is 7.67. The molecule has 0 fully saturated rings. The molecule has 1 aromatic heterocycles. The van der Waals surface area contributed by atoms with E-state index in [1.54, 1.807) is 18.2 Å². The number of nitro groups is 1. The number of nitrogens with zero attached hydrogens (tertiary/aromatic N) is 2. The Hall–Kier alpha value is -3.81. The molecular formula is C18H14N4O4. The lowest BCUT2D eigenvalue weighted by molar-refractivity contribution is -0.385. The van der Waals surface area contributed by atoms with E-state index in [0.717, 1.165) is 5.39 Å². The van der Waals surface area contributed by atoms with Gasteiger partial charge in [0, 0.05) is 22.6 Å². The van der Waals surface area contributed by atoms with Crippen LogP contribution in [-0.2, 0) is 0 Å². The summed E-state index contributed by atoms with van der Waals surface area (Å²) in [5.41, 5.74) is 5.85. The van der Waals surface area contributed by atoms with Crippen LogP contribution in [0, 0.1) is 17.0 Å². The predicted octanol–water partition coefficient (Wildman–Crippen LogP) is 2.53. The minimum atomic E-state index is -0.586. The van der Waals surface area contributed by atoms with Crippen LogP contribution in [-0.4, -0.2) is 21.7 Å². The first-order chi connectivity index (χ1) is 12.5. The third-order valence-electron chi connectivity index (χ3n) is 3.78. The Kier molecular flexibility index (Phi) is 4.57. The van der Waals surface area contributed by atoms with Crippen molar-refractivity contribution in [3.63, 3.8) is 0 Å². The van der Waals surface area contributed by atoms with E-state index in [2.05, 4.69) is 15.8 Å². The number of nitrogens with one attached hydrogen (secondary N) is 2. The highest BCUT2D eigenvalue weighted by Gasteiger charge is 2.15. The normalized spacial score (nSPS) is 10.3. The van der Waals surface area contributed by atoms with Crippen LogP contribution in [0.5, 0.6) is 0 Å². The summed E-state index contributed by atoms with van der Waals surface area (Å²) in [4.78, 5) is 38.8. The van der Waals surface area contributed by atoms with Gasteiger partial charge in [0.15, 0.2) is 0 Å². The van der Waals surface area contributed by atoms with E-state index < -0.39 is 16.7 Å². The van der Waals surface area contributed by atoms with Crippen LogP contribution in [0.2, 0.25) is 0 Å². The van der Waals surface area contributed by atoms with Gasteiger partial charge in [-0.05, 0) is 31.2 Å². The summed E-state index contributed by atoms with van der Waals surface area (Å²) in [6.07, 6.45) is 0. The van der Waals surface area contributed by atoms with Crippen molar-refractivity contribution in [3.05, 3.63) is 81.5 Å². The summed E-state index contributed by atoms with van der Waals surface area (Å²) in [6.45, 7) is 1.53. The monoisotopic (exact) mass is 350 g/mol. The van der Waals surface area contributed by atoms with Gasteiger partial charge in [0.25, 0.3) is 17.5 Å². The smallest absolute Gasteiger partial charge is 0.267 e. The number of benzene rings is 2. The number of rotatable bonds is 3. The lowest BCUT2D eigenvalue weighted by Crippen LogP contribution is -2.42. The molecule has 1 heterocycles. The van der Waals surface area contributed by atoms with Crippen molar-refractivity contribution in [3.8, 4) is 0 Å². The number of aryl methyl sites for hydroxylation is 1. The fourth-order valence-corrected chi connectivity index (χ4v) is 2.44. The van der Waals surface area contributed by atoms with Crippen LogP contribution < -0.4 is 10.9 Å². The number of hydrogen-bond donors (Lipinski definition) is 2. The molecule has 0 aliphatic rings. The molecule has 3 rings (SSSR count). The molecule has 0 atom stereocenters. The summed E-state index contributed by atoms with van der Waals surface area (Å²) < 4.78 is 0. The molecule has 8 nitrogen and oxygen atoms in total. The van der Waals surface area contributed by atoms with E-state index in [1.165, 1.54) is 25.1 Å². The molecule has 0 saturated heterocycles. The van der Waals surface area contributed by atoms with Gasteiger partial charge in [-0.15, -0.1) is 0 Å². The molecular weight excluding hydrogens is 336 g/mol. The van der Waals surface area contributed by atoms with Crippen LogP contribution >= 0.6 is 0 Å². The van der Waals surface area contributed by atoms with Gasteiger partial charge in [0.2, 0.25) is 0 Å². The third kappa shape index (κ3) is 3.48. The van der Waals surface area contributed by atoms with Crippen LogP contribution in [0.3, 0.4) is 0 Å². The van der Waals surface area contributed by atoms with E-state index in [-0.39, 0.29) is 16.9 Å². The van der Waals surface area contributed by atoms with Crippen molar-refractivity contribution in [2.75, 3.05) is 0 Å². The van der Waals surface area contributed by atoms with E-state index in [0.29, 0.717) is 11.1 Å². The van der Waals surface area contributed by atoms with Crippen molar-refractivity contribution in [1.82, 2.24) is 15.8 Å². The molecule has 0 aliphatic carbocycles. The highest BCUT2D eigenvalue weighted by atomic mass is 16.6. The molecule has 0 spiro atoms. The second-order valence-corrected chi connectivity index (χ2v) is 5.56. The zero-order valence-electron chi connectivity index (χ0n) is 13.7. The van der Waals surface area contributed by atoms with Crippen molar-refractivity contribution in [2.45, 2.75) is 6.92 Å². The lowest BCUT2D eigenvalue weighted by Gasteiger charge is -2.08. The number of para-hydroxylation sites is 1. The van der Waals surface area contributed by atoms with Crippen molar-refractivity contribution in [2.24, 2.45) is 0 Å². The Morgan fingerprint density at radius 2 is 1.73 bits per heavy atom. The maximum atomic E-state index is 12.2. The zero-order chi connectivity index (χ0) is 18.7. The lowest BCUT2D eigenvalue weighted by atomic mass is 10.1. The van der Waals surface area contributed by atoms with Gasteiger partial charge in [0.05, 0.1) is 10.4 Å². The fraction of sp³-hybridized carbons (Fsp3) is 0.0556. The van der Waals surface area contributed by atoms with Gasteiger partial charge in [-0.25, -0.2) is 4.98 Å². The first-order valence-corrected chi connectivity index (χ1v) is 7.67. The number of fused-ring (bicyclic) bond motifs is 1. The second-order valence-electron chi connectivity index (χ2n) is 5.56. The number of pyridine rings is 1. The number of amides is 2. The quantitative estimate of drug-likeness (QED) is 0.556. The SMILES string of the molecule is Cc1cc(C(=O)NNC(=O)c2ccc3ccccc3n2)ccc1[N+](=O)[O-]. The van der Waals surface area contributed by atoms with Crippen molar-refractivity contribution in [1.29, 1.82) is 0 Å². The minimum Gasteiger partial charge on any atom is -0.267 e. The van der Waals surface area contributed by atoms with E-state index in [4.69, 9.17) is 0 Å². The number of hydrazine groups is 1. The summed E-state index contributed by atoms with van der Waals surface area (Å²) in [7, 11) is 0. The second kappa shape index (κ2) is 6.98. The molecule has 2 N–H and O–H groups in total. The van der Waals surface area contributed by atoms with E-state index >= 15 is 0 Å². The summed E-state index contributed by atoms with van der Waals surface area (Å²) in [5.74, 6) is -1.15. The number of carbonyl (C=O) groups excluding carboxylic acids is 2. The first kappa shape index (κ1) is 17.0. The number of hydrogen-bond acceptors (Lipinski definition) is 5. The average Bonchev–Trinajstić information content (AvgIpc) is 2.65. The summed E-state index contributed by atoms with van der Waals surface area (Å²) >= 11 is 0. The summed E-state index contributed by atoms with van der Waals surface area (Å²) in [5, 5.41) is 11.7. The number of aromatic nitrogens is 1. The predicted molar refractivity (Wildman–Crippen MR) is 94.5 cm³/mol. The highest BCUT2D eigenvalue weighted by Crippen LogP contribution is 2.18. The molecule has 0 unspecified atom stereocenters. The Bertz CT molecular complexity index is 1030. The minimum absolute atomic E-state index is 0.0778. The average molecular weight is 350 g/mol. The van der Waals surface area contributed by atoms with Gasteiger partial charge in [-0.1, -0.05) is 24.3 Å². The standard InChI is InChI=1S/C18H14N4O4/c1-11-10-13(7-9-16(11)22(25)26)17(23)20-21-18(24)15-8-6-12-4-2-3-5-14(12)19-15/h2-10H,1H3,(H,20,23)(H,21,24). The molecule has 2 aromatic carbocycles. The zero-order valence-corrected chi connectivity index (χ0v) is 13.7. The maximum absolute atomic E-state index is 12.2. The Labute approximate surface area is 148 Å². The number of carbonyl (C=O) groups is 2. The molecule has 8 heteroatoms. The fourth-order valence-electron chi connectivity index (χ4n) is 2.44. The van der Waals surface area contributed by atoms with Gasteiger partial charge in [-0.2, -0.15) is 0 Å². The maximum Gasteiger partial charge on any atom is 0.288 e. The van der Waals surface area contributed by atoms with Crippen LogP contribution in [0.1, 0.15) is 26.4 Å². The largest absolute Gasteiger partial charge is 0.288 e. The van der Waals surface area contributed by atoms with Crippen LogP contribution in [0.25, 0.3) is 10.9 Å². The van der Waals surface area contributed by atoms with Gasteiger partial charge in [0.1, 0.15) is 5.69 Å². The molecule has 2 amide bonds. The number of nitro benzene ring substituents is 1. The molecule has 130 valence electrons. The Morgan fingerprint density at radius 3 is 2.46 bits per heavy atom. The Balaban J connectivity index is 1.69. The van der Waals surface area contributed by atoms with Crippen LogP contribution in [0.4, 0.5) is 5.69 Å². The highest BCUT2D eigenvalue weighted by molar-refractivity contribution is 5.99. The van der Waals surface area contributed by atoms with Gasteiger partial charge in [-0.3, -0.25) is 30.6 Å². The summed E-state index contributed by atoms with van der Waals surface area (Å²) in [6, 6.07) is 14.6. The third-order valence-corrected chi connectivity index (χ3v) is 3.78. The van der Waals surface area contributed by atoms with Crippen molar-refractivity contribution < 1.29 is 14.5 Å². The van der Waals surface area contributed by atoms with Crippen LogP contribution in [0.15, 0.2) is 54.6 Å².